The number of rotatable bonds is 80. The van der Waals surface area contributed by atoms with E-state index in [1.807, 2.05) is 0 Å². The van der Waals surface area contributed by atoms with E-state index >= 15 is 0 Å². The Morgan fingerprint density at radius 1 is 0.270 bits per heavy atom. The smallest absolute Gasteiger partial charge is 0.462 e. The van der Waals surface area contributed by atoms with Crippen LogP contribution in [0.25, 0.3) is 0 Å². The Hall–Kier alpha value is -2.46. The van der Waals surface area contributed by atoms with E-state index in [9.17, 15) is 43.2 Å². The van der Waals surface area contributed by atoms with Gasteiger partial charge in [-0.05, 0) is 77.0 Å². The van der Waals surface area contributed by atoms with Gasteiger partial charge in [0.15, 0.2) is 12.2 Å². The van der Waals surface area contributed by atoms with Crippen molar-refractivity contribution in [3.63, 3.8) is 0 Å². The van der Waals surface area contributed by atoms with Crippen LogP contribution in [0.2, 0.25) is 0 Å². The Morgan fingerprint density at radius 3 is 0.690 bits per heavy atom. The van der Waals surface area contributed by atoms with E-state index in [1.54, 1.807) is 0 Å². The Kier molecular flexibility index (Phi) is 73.0. The molecule has 0 aromatic carbocycles. The van der Waals surface area contributed by atoms with Gasteiger partial charge in [-0.2, -0.15) is 0 Å². The maximum Gasteiger partial charge on any atom is 0.472 e. The van der Waals surface area contributed by atoms with Crippen LogP contribution in [0.15, 0.2) is 24.3 Å². The number of allylic oxidation sites excluding steroid dienone is 4. The zero-order valence-corrected chi connectivity index (χ0v) is 66.5. The van der Waals surface area contributed by atoms with Gasteiger partial charge < -0.3 is 33.8 Å². The van der Waals surface area contributed by atoms with Gasteiger partial charge in [0.1, 0.15) is 19.3 Å². The maximum absolute atomic E-state index is 13.1. The third kappa shape index (κ3) is 73.8. The predicted molar refractivity (Wildman–Crippen MR) is 409 cm³/mol. The van der Waals surface area contributed by atoms with Gasteiger partial charge in [-0.1, -0.05) is 335 Å². The van der Waals surface area contributed by atoms with Crippen LogP contribution in [-0.2, 0) is 65.4 Å². The van der Waals surface area contributed by atoms with E-state index in [4.69, 9.17) is 37.0 Å². The summed E-state index contributed by atoms with van der Waals surface area (Å²) in [5.41, 5.74) is 0. The Morgan fingerprint density at radius 2 is 0.460 bits per heavy atom. The average Bonchev–Trinajstić information content (AvgIpc) is 0.958. The number of aliphatic hydroxyl groups excluding tert-OH is 1. The zero-order chi connectivity index (χ0) is 73.2. The first-order valence-corrected chi connectivity index (χ1v) is 44.6. The second kappa shape index (κ2) is 74.8. The van der Waals surface area contributed by atoms with Crippen LogP contribution < -0.4 is 0 Å². The van der Waals surface area contributed by atoms with Crippen LogP contribution in [0.4, 0.5) is 0 Å². The largest absolute Gasteiger partial charge is 0.472 e. The first-order chi connectivity index (χ1) is 48.7. The second-order valence-electron chi connectivity index (χ2n) is 28.4. The minimum absolute atomic E-state index is 0.103. The predicted octanol–water partition coefficient (Wildman–Crippen LogP) is 24.1. The molecular weight excluding hydrogens is 1310 g/mol. The molecular formula is C81H154O17P2. The van der Waals surface area contributed by atoms with Gasteiger partial charge in [-0.25, -0.2) is 9.13 Å². The molecule has 0 aliphatic rings. The van der Waals surface area contributed by atoms with Gasteiger partial charge in [0.2, 0.25) is 0 Å². The van der Waals surface area contributed by atoms with Crippen LogP contribution in [0.5, 0.6) is 0 Å². The molecule has 0 aliphatic carbocycles. The van der Waals surface area contributed by atoms with Gasteiger partial charge in [-0.3, -0.25) is 37.3 Å². The number of phosphoric acid groups is 2. The van der Waals surface area contributed by atoms with E-state index in [1.165, 1.54) is 205 Å². The minimum Gasteiger partial charge on any atom is -0.462 e. The fourth-order valence-corrected chi connectivity index (χ4v) is 13.6. The quantitative estimate of drug-likeness (QED) is 0.0169. The molecule has 0 rings (SSSR count). The topological polar surface area (TPSA) is 237 Å². The lowest BCUT2D eigenvalue weighted by molar-refractivity contribution is -0.161. The zero-order valence-electron chi connectivity index (χ0n) is 64.7. The highest BCUT2D eigenvalue weighted by atomic mass is 31.2. The summed E-state index contributed by atoms with van der Waals surface area (Å²) in [5, 5.41) is 10.6. The lowest BCUT2D eigenvalue weighted by atomic mass is 10.0. The molecule has 0 aromatic rings. The van der Waals surface area contributed by atoms with Crippen molar-refractivity contribution in [2.45, 2.75) is 431 Å². The molecule has 3 N–H and O–H groups in total. The highest BCUT2D eigenvalue weighted by molar-refractivity contribution is 7.47. The van der Waals surface area contributed by atoms with Gasteiger partial charge in [0.05, 0.1) is 26.4 Å². The molecule has 0 amide bonds. The lowest BCUT2D eigenvalue weighted by Gasteiger charge is -2.21. The van der Waals surface area contributed by atoms with Crippen molar-refractivity contribution in [2.75, 3.05) is 39.6 Å². The van der Waals surface area contributed by atoms with Crippen molar-refractivity contribution in [3.05, 3.63) is 24.3 Å². The van der Waals surface area contributed by atoms with Gasteiger partial charge in [0.25, 0.3) is 0 Å². The van der Waals surface area contributed by atoms with Crippen LogP contribution >= 0.6 is 15.6 Å². The molecule has 0 aromatic heterocycles. The summed E-state index contributed by atoms with van der Waals surface area (Å²) in [6.45, 7) is 4.97. The normalized spacial score (nSPS) is 13.9. The van der Waals surface area contributed by atoms with Gasteiger partial charge in [-0.15, -0.1) is 0 Å². The average molecular weight is 1460 g/mol. The Balaban J connectivity index is 5.29. The van der Waals surface area contributed by atoms with E-state index in [-0.39, 0.29) is 25.7 Å². The molecule has 19 heteroatoms. The molecule has 0 saturated heterocycles. The van der Waals surface area contributed by atoms with Crippen molar-refractivity contribution in [2.24, 2.45) is 0 Å². The van der Waals surface area contributed by atoms with Crippen LogP contribution in [0.3, 0.4) is 0 Å². The molecule has 0 heterocycles. The summed E-state index contributed by atoms with van der Waals surface area (Å²) in [6.07, 6.45) is 70.0. The Bertz CT molecular complexity index is 1990. The summed E-state index contributed by atoms with van der Waals surface area (Å²) in [6, 6.07) is 0. The van der Waals surface area contributed by atoms with Crippen LogP contribution in [-0.4, -0.2) is 96.7 Å². The molecule has 100 heavy (non-hydrogen) atoms. The van der Waals surface area contributed by atoms with E-state index in [2.05, 4.69) is 52.0 Å². The standard InChI is InChI=1S/C81H154O17P2/c1-5-9-13-17-21-25-29-33-36-37-40-44-48-52-56-60-64-68-81(86)98-77(72-92-79(84)66-62-58-54-50-46-43-39-35-31-27-23-19-15-11-7-3)74-96-100(89,90)94-70-75(82)69-93-99(87,88)95-73-76(97-80(85)67-63-59-55-51-47-41-32-28-24-20-16-12-8-4)71-91-78(83)65-61-57-53-49-45-42-38-34-30-26-22-18-14-10-6-2/h34-35,38-39,75-77,82H,5-33,36-37,40-74H2,1-4H3,(H,87,88)(H,89,90)/b38-34-,39-35-/t75-,76+,77+/m0/s1. The van der Waals surface area contributed by atoms with Crippen molar-refractivity contribution in [1.82, 2.24) is 0 Å². The second-order valence-corrected chi connectivity index (χ2v) is 31.3. The number of ether oxygens (including phenoxy) is 4. The van der Waals surface area contributed by atoms with Crippen molar-refractivity contribution < 1.29 is 80.2 Å². The van der Waals surface area contributed by atoms with Gasteiger partial charge >= 0.3 is 39.5 Å². The minimum atomic E-state index is -4.97. The lowest BCUT2D eigenvalue weighted by Crippen LogP contribution is -2.30. The molecule has 0 aliphatic heterocycles. The molecule has 0 spiro atoms. The van der Waals surface area contributed by atoms with E-state index in [0.717, 1.165) is 128 Å². The van der Waals surface area contributed by atoms with Crippen LogP contribution in [0, 0.1) is 0 Å². The van der Waals surface area contributed by atoms with Crippen molar-refractivity contribution in [3.8, 4) is 0 Å². The highest BCUT2D eigenvalue weighted by Crippen LogP contribution is 2.45. The SMILES string of the molecule is CCCCCCCC/C=C\CCCCCCCC(=O)OC[C@H](COP(=O)(O)OC[C@H](O)COP(=O)(O)OC[C@@H](COC(=O)CCCCCCC/C=C\CCCCCCCC)OC(=O)CCCCCCCCCCCCCCCCCCC)OC(=O)CCCCCCCCCCCCCCC. The van der Waals surface area contributed by atoms with E-state index in [0.29, 0.717) is 25.7 Å². The Labute approximate surface area is 612 Å². The molecule has 2 unspecified atom stereocenters. The molecule has 590 valence electrons. The molecule has 0 bridgehead atoms. The summed E-state index contributed by atoms with van der Waals surface area (Å²) < 4.78 is 68.7. The number of hydrogen-bond acceptors (Lipinski definition) is 15. The molecule has 17 nitrogen and oxygen atoms in total. The number of carbonyl (C=O) groups is 4. The summed E-state index contributed by atoms with van der Waals surface area (Å²) in [5.74, 6) is -2.14. The first-order valence-electron chi connectivity index (χ1n) is 41.6. The number of carbonyl (C=O) groups excluding carboxylic acids is 4. The van der Waals surface area contributed by atoms with Gasteiger partial charge in [0, 0.05) is 25.7 Å². The first kappa shape index (κ1) is 97.5. The highest BCUT2D eigenvalue weighted by Gasteiger charge is 2.30. The number of phosphoric ester groups is 2. The summed E-state index contributed by atoms with van der Waals surface area (Å²) in [7, 11) is -9.93. The molecule has 0 saturated carbocycles. The fourth-order valence-electron chi connectivity index (χ4n) is 12.0. The number of hydrogen-bond donors (Lipinski definition) is 3. The number of unbranched alkanes of at least 4 members (excludes halogenated alkanes) is 50. The van der Waals surface area contributed by atoms with Crippen molar-refractivity contribution >= 4 is 39.5 Å². The van der Waals surface area contributed by atoms with Crippen molar-refractivity contribution in [1.29, 1.82) is 0 Å². The van der Waals surface area contributed by atoms with Crippen LogP contribution in [0.1, 0.15) is 413 Å². The molecule has 0 radical (unpaired) electrons. The molecule has 5 atom stereocenters. The number of esters is 4. The third-order valence-corrected chi connectivity index (χ3v) is 20.3. The summed E-state index contributed by atoms with van der Waals surface area (Å²) >= 11 is 0. The van der Waals surface area contributed by atoms with E-state index < -0.39 is 97.5 Å². The fraction of sp³-hybridized carbons (Fsp3) is 0.901. The molecule has 0 fully saturated rings. The number of aliphatic hydroxyl groups is 1. The monoisotopic (exact) mass is 1460 g/mol. The third-order valence-electron chi connectivity index (χ3n) is 18.4. The summed E-state index contributed by atoms with van der Waals surface area (Å²) in [4.78, 5) is 73.0. The maximum atomic E-state index is 13.1.